The average Bonchev–Trinajstić information content (AvgIpc) is 2.39. The van der Waals surface area contributed by atoms with E-state index in [-0.39, 0.29) is 25.5 Å². The van der Waals surface area contributed by atoms with Gasteiger partial charge < -0.3 is 25.6 Å². The highest BCUT2D eigenvalue weighted by Crippen LogP contribution is 2.18. The molecule has 0 fully saturated rings. The minimum atomic E-state index is -1.31. The molecule has 0 unspecified atom stereocenters. The van der Waals surface area contributed by atoms with Crippen LogP contribution in [0.15, 0.2) is 18.2 Å². The van der Waals surface area contributed by atoms with E-state index < -0.39 is 12.0 Å². The van der Waals surface area contributed by atoms with Crippen molar-refractivity contribution in [2.75, 3.05) is 18.5 Å². The number of carbonyl (C=O) groups excluding carboxylic acids is 2. The molecular formula is C14H20N2O4. The summed E-state index contributed by atoms with van der Waals surface area (Å²) in [5.74, 6) is -1.70. The maximum absolute atomic E-state index is 11.9. The Hall–Kier alpha value is -1.92. The lowest BCUT2D eigenvalue weighted by atomic mass is 10.1. The van der Waals surface area contributed by atoms with Gasteiger partial charge in [0.05, 0.1) is 25.5 Å². The Bertz CT molecular complexity index is 488. The zero-order valence-electron chi connectivity index (χ0n) is 11.7. The number of carbonyl (C=O) groups is 2. The number of aliphatic hydroxyl groups excluding tert-OH is 1. The van der Waals surface area contributed by atoms with Gasteiger partial charge in [-0.2, -0.15) is 0 Å². The number of aliphatic hydroxyl groups is 1. The topological polar surface area (TPSA) is 106 Å². The van der Waals surface area contributed by atoms with E-state index in [0.717, 1.165) is 11.1 Å². The quantitative estimate of drug-likeness (QED) is 0.554. The van der Waals surface area contributed by atoms with Gasteiger partial charge in [-0.25, -0.2) is 0 Å². The lowest BCUT2D eigenvalue weighted by Gasteiger charge is -2.16. The van der Waals surface area contributed by atoms with Gasteiger partial charge in [-0.3, -0.25) is 4.79 Å². The Labute approximate surface area is 117 Å². The van der Waals surface area contributed by atoms with E-state index in [0.29, 0.717) is 5.69 Å². The molecule has 0 saturated heterocycles. The van der Waals surface area contributed by atoms with E-state index in [1.807, 2.05) is 26.0 Å². The maximum atomic E-state index is 11.9. The number of rotatable bonds is 7. The molecule has 6 heteroatoms. The molecule has 0 saturated carbocycles. The molecule has 1 rings (SSSR count). The summed E-state index contributed by atoms with van der Waals surface area (Å²) in [5, 5.41) is 23.7. The van der Waals surface area contributed by atoms with Crippen LogP contribution in [-0.2, 0) is 9.59 Å². The summed E-state index contributed by atoms with van der Waals surface area (Å²) in [6.07, 6.45) is -0.199. The number of nitrogens with one attached hydrogen (secondary N) is 1. The minimum Gasteiger partial charge on any atom is -0.544 e. The van der Waals surface area contributed by atoms with E-state index in [1.54, 1.807) is 6.07 Å². The number of aliphatic carboxylic acids is 1. The van der Waals surface area contributed by atoms with Crippen LogP contribution in [0.5, 0.6) is 0 Å². The first-order valence-electron chi connectivity index (χ1n) is 6.46. The molecule has 1 amide bonds. The third-order valence-corrected chi connectivity index (χ3v) is 3.17. The molecule has 6 nitrogen and oxygen atoms in total. The molecular weight excluding hydrogens is 260 g/mol. The van der Waals surface area contributed by atoms with Crippen molar-refractivity contribution in [3.63, 3.8) is 0 Å². The second-order valence-corrected chi connectivity index (χ2v) is 4.67. The van der Waals surface area contributed by atoms with E-state index in [1.165, 1.54) is 5.32 Å². The third kappa shape index (κ3) is 4.64. The number of hydrogen-bond donors (Lipinski definition) is 3. The van der Waals surface area contributed by atoms with Crippen LogP contribution in [-0.4, -0.2) is 36.2 Å². The molecule has 0 radical (unpaired) electrons. The van der Waals surface area contributed by atoms with Crippen molar-refractivity contribution in [1.82, 2.24) is 0 Å². The number of hydrogen-bond acceptors (Lipinski definition) is 4. The molecule has 0 bridgehead atoms. The van der Waals surface area contributed by atoms with Gasteiger partial charge in [0.15, 0.2) is 0 Å². The summed E-state index contributed by atoms with van der Waals surface area (Å²) in [7, 11) is 0. The van der Waals surface area contributed by atoms with Crippen LogP contribution in [0.4, 0.5) is 5.69 Å². The predicted octanol–water partition coefficient (Wildman–Crippen LogP) is -1.69. The van der Waals surface area contributed by atoms with Crippen LogP contribution < -0.4 is 15.7 Å². The predicted molar refractivity (Wildman–Crippen MR) is 71.8 cm³/mol. The summed E-state index contributed by atoms with van der Waals surface area (Å²) in [6, 6.07) is 4.54. The smallest absolute Gasteiger partial charge is 0.230 e. The Balaban J connectivity index is 2.66. The molecule has 0 spiro atoms. The van der Waals surface area contributed by atoms with Crippen molar-refractivity contribution in [2.24, 2.45) is 0 Å². The minimum absolute atomic E-state index is 0.150. The highest BCUT2D eigenvalue weighted by atomic mass is 16.4. The van der Waals surface area contributed by atoms with Gasteiger partial charge >= 0.3 is 0 Å². The fourth-order valence-electron chi connectivity index (χ4n) is 1.83. The van der Waals surface area contributed by atoms with E-state index in [9.17, 15) is 14.7 Å². The van der Waals surface area contributed by atoms with Crippen molar-refractivity contribution in [3.05, 3.63) is 29.3 Å². The van der Waals surface area contributed by atoms with Gasteiger partial charge in [-0.15, -0.1) is 0 Å². The zero-order chi connectivity index (χ0) is 15.1. The van der Waals surface area contributed by atoms with Crippen molar-refractivity contribution in [2.45, 2.75) is 26.3 Å². The van der Waals surface area contributed by atoms with E-state index in [2.05, 4.69) is 5.32 Å². The summed E-state index contributed by atoms with van der Waals surface area (Å²) in [5.41, 5.74) is 2.67. The van der Waals surface area contributed by atoms with Gasteiger partial charge in [0.1, 0.15) is 6.04 Å². The lowest BCUT2D eigenvalue weighted by molar-refractivity contribution is -0.683. The Morgan fingerprint density at radius 2 is 2.10 bits per heavy atom. The molecule has 110 valence electrons. The van der Waals surface area contributed by atoms with Crippen molar-refractivity contribution >= 4 is 17.6 Å². The second-order valence-electron chi connectivity index (χ2n) is 4.67. The van der Waals surface area contributed by atoms with Gasteiger partial charge in [-0.1, -0.05) is 12.1 Å². The Morgan fingerprint density at radius 1 is 1.40 bits per heavy atom. The first-order valence-corrected chi connectivity index (χ1v) is 6.46. The number of carboxylic acids is 1. The standard InChI is InChI=1S/C14H20N2O4/c1-9-4-3-5-11(10(9)2)16-13(18)8-12(14(19)20)15-6-7-17/h3-5,12,15,17H,6-8H2,1-2H3,(H,16,18)(H,19,20)/t12-/m0/s1. The van der Waals surface area contributed by atoms with Crippen molar-refractivity contribution in [3.8, 4) is 0 Å². The molecule has 20 heavy (non-hydrogen) atoms. The number of amides is 1. The molecule has 1 atom stereocenters. The van der Waals surface area contributed by atoms with Gasteiger partial charge in [0.25, 0.3) is 0 Å². The third-order valence-electron chi connectivity index (χ3n) is 3.17. The maximum Gasteiger partial charge on any atom is 0.230 e. The van der Waals surface area contributed by atoms with Crippen LogP contribution >= 0.6 is 0 Å². The number of anilines is 1. The molecule has 0 aromatic heterocycles. The van der Waals surface area contributed by atoms with Gasteiger partial charge in [0, 0.05) is 5.69 Å². The lowest BCUT2D eigenvalue weighted by Crippen LogP contribution is -2.94. The summed E-state index contributed by atoms with van der Waals surface area (Å²) in [6.45, 7) is 3.89. The zero-order valence-corrected chi connectivity index (χ0v) is 11.7. The number of benzene rings is 1. The summed E-state index contributed by atoms with van der Waals surface area (Å²) in [4.78, 5) is 22.8. The molecule has 0 aliphatic rings. The molecule has 0 aliphatic carbocycles. The van der Waals surface area contributed by atoms with Crippen molar-refractivity contribution < 1.29 is 25.1 Å². The monoisotopic (exact) mass is 280 g/mol. The van der Waals surface area contributed by atoms with Gasteiger partial charge in [-0.05, 0) is 31.0 Å². The average molecular weight is 280 g/mol. The molecule has 4 N–H and O–H groups in total. The van der Waals surface area contributed by atoms with Crippen molar-refractivity contribution in [1.29, 1.82) is 0 Å². The highest BCUT2D eigenvalue weighted by molar-refractivity contribution is 5.94. The Morgan fingerprint density at radius 3 is 2.70 bits per heavy atom. The number of aryl methyl sites for hydroxylation is 1. The first kappa shape index (κ1) is 16.1. The van der Waals surface area contributed by atoms with Gasteiger partial charge in [0.2, 0.25) is 5.91 Å². The van der Waals surface area contributed by atoms with Crippen LogP contribution in [0.3, 0.4) is 0 Å². The Kier molecular flexibility index (Phi) is 6.14. The highest BCUT2D eigenvalue weighted by Gasteiger charge is 2.18. The fourth-order valence-corrected chi connectivity index (χ4v) is 1.83. The molecule has 1 aromatic carbocycles. The van der Waals surface area contributed by atoms with Crippen LogP contribution in [0.2, 0.25) is 0 Å². The summed E-state index contributed by atoms with van der Waals surface area (Å²) < 4.78 is 0. The largest absolute Gasteiger partial charge is 0.544 e. The second kappa shape index (κ2) is 7.62. The SMILES string of the molecule is Cc1cccc(NC(=O)C[C@H]([NH2+]CCO)C(=O)[O-])c1C. The number of quaternary nitrogens is 1. The normalized spacial score (nSPS) is 11.9. The summed E-state index contributed by atoms with van der Waals surface area (Å²) >= 11 is 0. The first-order chi connectivity index (χ1) is 9.45. The molecule has 1 aromatic rings. The fraction of sp³-hybridized carbons (Fsp3) is 0.429. The van der Waals surface area contributed by atoms with E-state index >= 15 is 0 Å². The van der Waals surface area contributed by atoms with Crippen LogP contribution in [0.25, 0.3) is 0 Å². The van der Waals surface area contributed by atoms with Crippen LogP contribution in [0.1, 0.15) is 17.5 Å². The van der Waals surface area contributed by atoms with Crippen LogP contribution in [0, 0.1) is 13.8 Å². The number of nitrogens with two attached hydrogens (primary N) is 1. The van der Waals surface area contributed by atoms with E-state index in [4.69, 9.17) is 5.11 Å². The number of carboxylic acid groups (broad SMARTS) is 1. The molecule has 0 heterocycles. The molecule has 0 aliphatic heterocycles.